The average Bonchev–Trinajstić information content (AvgIpc) is 2.02. The molecule has 0 saturated heterocycles. The van der Waals surface area contributed by atoms with Crippen molar-refractivity contribution in [2.24, 2.45) is 10.4 Å². The first-order valence-corrected chi connectivity index (χ1v) is 4.99. The fourth-order valence-electron chi connectivity index (χ4n) is 0.629. The van der Waals surface area contributed by atoms with Gasteiger partial charge in [-0.05, 0) is 24.8 Å². The van der Waals surface area contributed by atoms with Gasteiger partial charge in [0.1, 0.15) is 0 Å². The van der Waals surface area contributed by atoms with Gasteiger partial charge in [0.2, 0.25) is 0 Å². The highest BCUT2D eigenvalue weighted by molar-refractivity contribution is 6.31. The largest absolute Gasteiger partial charge is 0.267 e. The molecule has 0 atom stereocenters. The second kappa shape index (κ2) is 5.97. The number of halogens is 2. The quantitative estimate of drug-likeness (QED) is 0.488. The van der Waals surface area contributed by atoms with Gasteiger partial charge in [0.25, 0.3) is 0 Å². The van der Waals surface area contributed by atoms with Crippen molar-refractivity contribution in [3.8, 4) is 0 Å². The summed E-state index contributed by atoms with van der Waals surface area (Å²) in [5.74, 6) is -0.323. The lowest BCUT2D eigenvalue weighted by atomic mass is 9.92. The topological polar surface area (TPSA) is 12.4 Å². The summed E-state index contributed by atoms with van der Waals surface area (Å²) in [5.41, 5.74) is 0.0577. The van der Waals surface area contributed by atoms with Crippen LogP contribution >= 0.6 is 11.6 Å². The van der Waals surface area contributed by atoms with Gasteiger partial charge in [-0.2, -0.15) is 0 Å². The normalized spacial score (nSPS) is 15.3. The number of aliphatic imine (C=N–C) groups is 1. The van der Waals surface area contributed by atoms with Crippen LogP contribution < -0.4 is 0 Å². The molecule has 0 rings (SSSR count). The van der Waals surface area contributed by atoms with Crippen LogP contribution in [-0.4, -0.2) is 6.21 Å². The standard InChI is InChI=1S/C11H17ClFN/c1-5-11(3,4)8-14-7-10(12)6-9(2)13/h6-8H,5H2,1-4H3/b9-6+,10-7+,14-8?. The van der Waals surface area contributed by atoms with Crippen LogP contribution in [0.25, 0.3) is 0 Å². The lowest BCUT2D eigenvalue weighted by Gasteiger charge is -2.14. The molecule has 0 aliphatic carbocycles. The van der Waals surface area contributed by atoms with E-state index in [2.05, 4.69) is 25.8 Å². The number of nitrogens with zero attached hydrogens (tertiary/aromatic N) is 1. The molecule has 0 radical (unpaired) electrons. The van der Waals surface area contributed by atoms with Crippen molar-refractivity contribution in [1.29, 1.82) is 0 Å². The Labute approximate surface area is 90.4 Å². The molecule has 0 aromatic heterocycles. The van der Waals surface area contributed by atoms with Crippen molar-refractivity contribution in [1.82, 2.24) is 0 Å². The smallest absolute Gasteiger partial charge is 0.0984 e. The van der Waals surface area contributed by atoms with Crippen LogP contribution in [0.3, 0.4) is 0 Å². The highest BCUT2D eigenvalue weighted by Crippen LogP contribution is 2.16. The molecular formula is C11H17ClFN. The first kappa shape index (κ1) is 13.4. The average molecular weight is 218 g/mol. The van der Waals surface area contributed by atoms with Gasteiger partial charge in [-0.25, -0.2) is 4.39 Å². The molecule has 0 amide bonds. The molecule has 3 heteroatoms. The van der Waals surface area contributed by atoms with Crippen LogP contribution in [0, 0.1) is 5.41 Å². The number of hydrogen-bond donors (Lipinski definition) is 0. The SMILES string of the molecule is CCC(C)(C)C=N/C=C(Cl)\C=C(/C)F. The highest BCUT2D eigenvalue weighted by Gasteiger charge is 2.09. The lowest BCUT2D eigenvalue weighted by molar-refractivity contribution is 0.516. The maximum atomic E-state index is 12.4. The van der Waals surface area contributed by atoms with E-state index in [9.17, 15) is 4.39 Å². The molecule has 0 aromatic rings. The number of rotatable bonds is 4. The van der Waals surface area contributed by atoms with Crippen LogP contribution in [0.1, 0.15) is 34.1 Å². The van der Waals surface area contributed by atoms with Gasteiger partial charge in [0, 0.05) is 12.4 Å². The molecule has 0 aliphatic rings. The molecule has 0 fully saturated rings. The zero-order valence-electron chi connectivity index (χ0n) is 9.14. The Bertz CT molecular complexity index is 260. The molecular weight excluding hydrogens is 201 g/mol. The van der Waals surface area contributed by atoms with Gasteiger partial charge in [0.15, 0.2) is 0 Å². The zero-order chi connectivity index (χ0) is 11.2. The Morgan fingerprint density at radius 1 is 1.50 bits per heavy atom. The van der Waals surface area contributed by atoms with Gasteiger partial charge in [-0.15, -0.1) is 0 Å². The van der Waals surface area contributed by atoms with E-state index >= 15 is 0 Å². The molecule has 1 nitrogen and oxygen atoms in total. The van der Waals surface area contributed by atoms with Gasteiger partial charge >= 0.3 is 0 Å². The van der Waals surface area contributed by atoms with Crippen molar-refractivity contribution in [3.63, 3.8) is 0 Å². The molecule has 0 bridgehead atoms. The van der Waals surface area contributed by atoms with E-state index in [0.29, 0.717) is 5.03 Å². The number of allylic oxidation sites excluding steroid dienone is 3. The second-order valence-electron chi connectivity index (χ2n) is 3.87. The molecule has 14 heavy (non-hydrogen) atoms. The van der Waals surface area contributed by atoms with E-state index < -0.39 is 0 Å². The summed E-state index contributed by atoms with van der Waals surface area (Å²) < 4.78 is 12.4. The predicted octanol–water partition coefficient (Wildman–Crippen LogP) is 4.45. The minimum atomic E-state index is -0.323. The summed E-state index contributed by atoms with van der Waals surface area (Å²) >= 11 is 5.68. The third-order valence-electron chi connectivity index (χ3n) is 1.87. The second-order valence-corrected chi connectivity index (χ2v) is 4.30. The Morgan fingerprint density at radius 3 is 2.50 bits per heavy atom. The Kier molecular flexibility index (Phi) is 5.70. The summed E-state index contributed by atoms with van der Waals surface area (Å²) in [6.07, 6.45) is 5.50. The summed E-state index contributed by atoms with van der Waals surface area (Å²) in [6.45, 7) is 7.59. The van der Waals surface area contributed by atoms with Crippen LogP contribution in [-0.2, 0) is 0 Å². The van der Waals surface area contributed by atoms with E-state index in [1.807, 2.05) is 6.21 Å². The van der Waals surface area contributed by atoms with Crippen LogP contribution in [0.2, 0.25) is 0 Å². The third kappa shape index (κ3) is 6.84. The van der Waals surface area contributed by atoms with Crippen LogP contribution in [0.4, 0.5) is 4.39 Å². The van der Waals surface area contributed by atoms with Crippen LogP contribution in [0.5, 0.6) is 0 Å². The van der Waals surface area contributed by atoms with Crippen LogP contribution in [0.15, 0.2) is 28.1 Å². The summed E-state index contributed by atoms with van der Waals surface area (Å²) in [6, 6.07) is 0. The van der Waals surface area contributed by atoms with E-state index in [-0.39, 0.29) is 11.2 Å². The maximum absolute atomic E-state index is 12.4. The predicted molar refractivity (Wildman–Crippen MR) is 61.4 cm³/mol. The zero-order valence-corrected chi connectivity index (χ0v) is 9.90. The fourth-order valence-corrected chi connectivity index (χ4v) is 0.835. The molecule has 0 unspecified atom stereocenters. The van der Waals surface area contributed by atoms with E-state index in [4.69, 9.17) is 11.6 Å². The first-order valence-electron chi connectivity index (χ1n) is 4.61. The fraction of sp³-hybridized carbons (Fsp3) is 0.545. The molecule has 0 aliphatic heterocycles. The Hall–Kier alpha value is -0.630. The lowest BCUT2D eigenvalue weighted by Crippen LogP contribution is -2.10. The molecule has 0 aromatic carbocycles. The van der Waals surface area contributed by atoms with Crippen molar-refractivity contribution in [2.75, 3.05) is 0 Å². The van der Waals surface area contributed by atoms with Gasteiger partial charge < -0.3 is 0 Å². The summed E-state index contributed by atoms with van der Waals surface area (Å²) in [7, 11) is 0. The monoisotopic (exact) mass is 217 g/mol. The Morgan fingerprint density at radius 2 is 2.07 bits per heavy atom. The highest BCUT2D eigenvalue weighted by atomic mass is 35.5. The third-order valence-corrected chi connectivity index (χ3v) is 2.08. The number of hydrogen-bond acceptors (Lipinski definition) is 1. The minimum Gasteiger partial charge on any atom is -0.267 e. The van der Waals surface area contributed by atoms with Gasteiger partial charge in [-0.1, -0.05) is 32.4 Å². The molecule has 0 heterocycles. The molecule has 0 spiro atoms. The summed E-state index contributed by atoms with van der Waals surface area (Å²) in [5, 5.41) is 0.299. The minimum absolute atomic E-state index is 0.0577. The first-order chi connectivity index (χ1) is 6.37. The van der Waals surface area contributed by atoms with Gasteiger partial charge in [-0.3, -0.25) is 4.99 Å². The molecule has 0 N–H and O–H groups in total. The van der Waals surface area contributed by atoms with Crippen molar-refractivity contribution >= 4 is 17.8 Å². The summed E-state index contributed by atoms with van der Waals surface area (Å²) in [4.78, 5) is 4.04. The van der Waals surface area contributed by atoms with E-state index in [1.54, 1.807) is 0 Å². The Balaban J connectivity index is 4.36. The van der Waals surface area contributed by atoms with E-state index in [0.717, 1.165) is 6.42 Å². The molecule has 0 saturated carbocycles. The van der Waals surface area contributed by atoms with Gasteiger partial charge in [0.05, 0.1) is 10.9 Å². The van der Waals surface area contributed by atoms with E-state index in [1.165, 1.54) is 19.2 Å². The van der Waals surface area contributed by atoms with Crippen molar-refractivity contribution < 1.29 is 4.39 Å². The molecule has 80 valence electrons. The van der Waals surface area contributed by atoms with Crippen molar-refractivity contribution in [2.45, 2.75) is 34.1 Å². The maximum Gasteiger partial charge on any atom is 0.0984 e. The van der Waals surface area contributed by atoms with Crippen molar-refractivity contribution in [3.05, 3.63) is 23.1 Å².